The average molecular weight is 317 g/mol. The van der Waals surface area contributed by atoms with Crippen molar-refractivity contribution in [3.8, 4) is 11.8 Å². The standard InChI is InChI=1S/C15H17ClN6/c1-10-3-4-11(2)21(10)9-15-18-19-20-22(15)13-5-6-14(16)12(7-13)8-17/h5-7,10-11H,3-4,9H2,1-2H3. The zero-order chi connectivity index (χ0) is 15.7. The second-order valence-corrected chi connectivity index (χ2v) is 6.14. The molecule has 114 valence electrons. The van der Waals surface area contributed by atoms with Gasteiger partial charge in [0.1, 0.15) is 6.07 Å². The van der Waals surface area contributed by atoms with Crippen LogP contribution >= 0.6 is 11.6 Å². The predicted octanol–water partition coefficient (Wildman–Crippen LogP) is 2.56. The quantitative estimate of drug-likeness (QED) is 0.870. The first-order chi connectivity index (χ1) is 10.6. The van der Waals surface area contributed by atoms with Crippen LogP contribution in [0.5, 0.6) is 0 Å². The van der Waals surface area contributed by atoms with Crippen molar-refractivity contribution in [1.82, 2.24) is 25.1 Å². The molecule has 0 radical (unpaired) electrons. The molecule has 0 saturated carbocycles. The zero-order valence-electron chi connectivity index (χ0n) is 12.6. The maximum Gasteiger partial charge on any atom is 0.170 e. The fourth-order valence-corrected chi connectivity index (χ4v) is 3.12. The fourth-order valence-electron chi connectivity index (χ4n) is 2.96. The first kappa shape index (κ1) is 14.9. The molecule has 1 aromatic carbocycles. The SMILES string of the molecule is CC1CCC(C)N1Cc1nnnn1-c1ccc(Cl)c(C#N)c1. The van der Waals surface area contributed by atoms with Gasteiger partial charge in [0.15, 0.2) is 5.82 Å². The molecule has 1 aliphatic rings. The number of rotatable bonds is 3. The van der Waals surface area contributed by atoms with Crippen LogP contribution in [0.2, 0.25) is 5.02 Å². The normalized spacial score (nSPS) is 21.9. The number of hydrogen-bond donors (Lipinski definition) is 0. The Kier molecular flexibility index (Phi) is 4.10. The summed E-state index contributed by atoms with van der Waals surface area (Å²) in [5, 5.41) is 21.5. The molecule has 0 spiro atoms. The minimum absolute atomic E-state index is 0.420. The predicted molar refractivity (Wildman–Crippen MR) is 82.6 cm³/mol. The molecule has 2 heterocycles. The van der Waals surface area contributed by atoms with Crippen molar-refractivity contribution < 1.29 is 0 Å². The van der Waals surface area contributed by atoms with Crippen LogP contribution in [0.3, 0.4) is 0 Å². The zero-order valence-corrected chi connectivity index (χ0v) is 13.3. The van der Waals surface area contributed by atoms with E-state index in [1.54, 1.807) is 16.8 Å². The molecule has 1 aliphatic heterocycles. The molecule has 1 fully saturated rings. The molecule has 1 aromatic heterocycles. The summed E-state index contributed by atoms with van der Waals surface area (Å²) >= 11 is 5.98. The molecule has 2 atom stereocenters. The van der Waals surface area contributed by atoms with Crippen molar-refractivity contribution in [1.29, 1.82) is 5.26 Å². The highest BCUT2D eigenvalue weighted by atomic mass is 35.5. The largest absolute Gasteiger partial charge is 0.290 e. The minimum Gasteiger partial charge on any atom is -0.290 e. The Labute approximate surface area is 134 Å². The Morgan fingerprint density at radius 2 is 2.05 bits per heavy atom. The smallest absolute Gasteiger partial charge is 0.170 e. The van der Waals surface area contributed by atoms with Gasteiger partial charge in [-0.3, -0.25) is 4.90 Å². The van der Waals surface area contributed by atoms with Crippen molar-refractivity contribution in [2.45, 2.75) is 45.3 Å². The summed E-state index contributed by atoms with van der Waals surface area (Å²) in [6.07, 6.45) is 2.39. The van der Waals surface area contributed by atoms with E-state index in [9.17, 15) is 0 Å². The van der Waals surface area contributed by atoms with Gasteiger partial charge in [-0.15, -0.1) is 5.10 Å². The number of hydrogen-bond acceptors (Lipinski definition) is 5. The summed E-state index contributed by atoms with van der Waals surface area (Å²) in [6.45, 7) is 5.15. The lowest BCUT2D eigenvalue weighted by Gasteiger charge is -2.25. The summed E-state index contributed by atoms with van der Waals surface area (Å²) in [7, 11) is 0. The molecule has 0 aliphatic carbocycles. The van der Waals surface area contributed by atoms with Crippen molar-refractivity contribution in [2.24, 2.45) is 0 Å². The van der Waals surface area contributed by atoms with Gasteiger partial charge in [-0.25, -0.2) is 0 Å². The highest BCUT2D eigenvalue weighted by molar-refractivity contribution is 6.31. The minimum atomic E-state index is 0.420. The van der Waals surface area contributed by atoms with Crippen LogP contribution in [0.1, 0.15) is 38.1 Å². The average Bonchev–Trinajstić information content (AvgIpc) is 3.10. The van der Waals surface area contributed by atoms with Crippen molar-refractivity contribution in [3.63, 3.8) is 0 Å². The third-order valence-electron chi connectivity index (χ3n) is 4.31. The third kappa shape index (κ3) is 2.70. The van der Waals surface area contributed by atoms with Gasteiger partial charge in [0.05, 0.1) is 22.8 Å². The van der Waals surface area contributed by atoms with Gasteiger partial charge in [0.2, 0.25) is 0 Å². The van der Waals surface area contributed by atoms with Gasteiger partial charge in [-0.05, 0) is 55.3 Å². The first-order valence-corrected chi connectivity index (χ1v) is 7.71. The maximum absolute atomic E-state index is 9.11. The molecule has 1 saturated heterocycles. The number of likely N-dealkylation sites (tertiary alicyclic amines) is 1. The van der Waals surface area contributed by atoms with Gasteiger partial charge in [0.25, 0.3) is 0 Å². The molecule has 3 rings (SSSR count). The van der Waals surface area contributed by atoms with Crippen LogP contribution in [-0.4, -0.2) is 37.2 Å². The maximum atomic E-state index is 9.11. The van der Waals surface area contributed by atoms with Crippen LogP contribution in [0.25, 0.3) is 5.69 Å². The number of halogens is 1. The van der Waals surface area contributed by atoms with Gasteiger partial charge in [-0.2, -0.15) is 9.94 Å². The van der Waals surface area contributed by atoms with E-state index in [1.165, 1.54) is 12.8 Å². The molecular formula is C15H17ClN6. The van der Waals surface area contributed by atoms with Crippen LogP contribution < -0.4 is 0 Å². The van der Waals surface area contributed by atoms with Gasteiger partial charge < -0.3 is 0 Å². The van der Waals surface area contributed by atoms with E-state index in [1.807, 2.05) is 6.07 Å². The van der Waals surface area contributed by atoms with E-state index >= 15 is 0 Å². The van der Waals surface area contributed by atoms with Gasteiger partial charge >= 0.3 is 0 Å². The Hall–Kier alpha value is -1.97. The molecule has 2 aromatic rings. The number of tetrazole rings is 1. The Morgan fingerprint density at radius 3 is 2.73 bits per heavy atom. The number of nitrogens with zero attached hydrogens (tertiary/aromatic N) is 6. The van der Waals surface area contributed by atoms with E-state index in [0.717, 1.165) is 11.5 Å². The molecule has 7 heteroatoms. The van der Waals surface area contributed by atoms with E-state index in [4.69, 9.17) is 16.9 Å². The molecule has 0 amide bonds. The fraction of sp³-hybridized carbons (Fsp3) is 0.467. The number of aromatic nitrogens is 4. The number of benzene rings is 1. The lowest BCUT2D eigenvalue weighted by molar-refractivity contribution is 0.198. The molecular weight excluding hydrogens is 300 g/mol. The van der Waals surface area contributed by atoms with E-state index < -0.39 is 0 Å². The highest BCUT2D eigenvalue weighted by Gasteiger charge is 2.28. The monoisotopic (exact) mass is 316 g/mol. The first-order valence-electron chi connectivity index (χ1n) is 7.33. The Bertz CT molecular complexity index is 709. The van der Waals surface area contributed by atoms with Crippen LogP contribution in [0.4, 0.5) is 0 Å². The van der Waals surface area contributed by atoms with E-state index in [-0.39, 0.29) is 0 Å². The van der Waals surface area contributed by atoms with Crippen molar-refractivity contribution >= 4 is 11.6 Å². The van der Waals surface area contributed by atoms with Crippen LogP contribution in [-0.2, 0) is 6.54 Å². The highest BCUT2D eigenvalue weighted by Crippen LogP contribution is 2.26. The van der Waals surface area contributed by atoms with E-state index in [0.29, 0.717) is 29.2 Å². The van der Waals surface area contributed by atoms with Crippen molar-refractivity contribution in [2.75, 3.05) is 0 Å². The van der Waals surface area contributed by atoms with Gasteiger partial charge in [0, 0.05) is 12.1 Å². The summed E-state index contributed by atoms with van der Waals surface area (Å²) in [5.74, 6) is 0.770. The second kappa shape index (κ2) is 6.03. The topological polar surface area (TPSA) is 70.6 Å². The lowest BCUT2D eigenvalue weighted by Crippen LogP contribution is -2.33. The molecule has 0 N–H and O–H groups in total. The van der Waals surface area contributed by atoms with Gasteiger partial charge in [-0.1, -0.05) is 11.6 Å². The molecule has 6 nitrogen and oxygen atoms in total. The van der Waals surface area contributed by atoms with Crippen molar-refractivity contribution in [3.05, 3.63) is 34.6 Å². The molecule has 22 heavy (non-hydrogen) atoms. The lowest BCUT2D eigenvalue weighted by atomic mass is 10.2. The van der Waals surface area contributed by atoms with E-state index in [2.05, 4.69) is 40.3 Å². The Balaban J connectivity index is 1.91. The summed E-state index contributed by atoms with van der Waals surface area (Å²) in [5.41, 5.74) is 1.17. The second-order valence-electron chi connectivity index (χ2n) is 5.73. The van der Waals surface area contributed by atoms with Crippen LogP contribution in [0.15, 0.2) is 18.2 Å². The summed E-state index contributed by atoms with van der Waals surface area (Å²) < 4.78 is 1.68. The Morgan fingerprint density at radius 1 is 1.32 bits per heavy atom. The van der Waals surface area contributed by atoms with Crippen LogP contribution in [0, 0.1) is 11.3 Å². The molecule has 0 bridgehead atoms. The third-order valence-corrected chi connectivity index (χ3v) is 4.64. The molecule has 2 unspecified atom stereocenters. The number of nitriles is 1. The summed E-state index contributed by atoms with van der Waals surface area (Å²) in [4.78, 5) is 2.41. The summed E-state index contributed by atoms with van der Waals surface area (Å²) in [6, 6.07) is 8.36.